The van der Waals surface area contributed by atoms with Crippen LogP contribution >= 0.6 is 0 Å². The van der Waals surface area contributed by atoms with E-state index < -0.39 is 6.04 Å². The summed E-state index contributed by atoms with van der Waals surface area (Å²) in [5.41, 5.74) is 0.427. The molecule has 0 spiro atoms. The molecular weight excluding hydrogens is 252 g/mol. The third-order valence-corrected chi connectivity index (χ3v) is 3.78. The molecule has 1 aromatic carbocycles. The number of carbonyl (C=O) groups excluding carboxylic acids is 2. The Bertz CT molecular complexity index is 519. The Morgan fingerprint density at radius 2 is 1.70 bits per heavy atom. The summed E-state index contributed by atoms with van der Waals surface area (Å²) in [4.78, 5) is 28.4. The van der Waals surface area contributed by atoms with Gasteiger partial charge >= 0.3 is 0 Å². The summed E-state index contributed by atoms with van der Waals surface area (Å²) in [6.45, 7) is 7.94. The van der Waals surface area contributed by atoms with Crippen molar-refractivity contribution >= 4 is 11.8 Å². The van der Waals surface area contributed by atoms with Crippen LogP contribution in [0.2, 0.25) is 0 Å². The topological polar surface area (TPSA) is 40.6 Å². The molecular formula is C16H22N2O2. The van der Waals surface area contributed by atoms with Crippen molar-refractivity contribution in [1.82, 2.24) is 9.80 Å². The Balaban J connectivity index is 2.42. The fourth-order valence-electron chi connectivity index (χ4n) is 2.95. The van der Waals surface area contributed by atoms with E-state index in [1.54, 1.807) is 35.9 Å². The number of rotatable bonds is 1. The molecule has 20 heavy (non-hydrogen) atoms. The van der Waals surface area contributed by atoms with Gasteiger partial charge in [-0.05, 0) is 19.1 Å². The van der Waals surface area contributed by atoms with Crippen molar-refractivity contribution in [2.24, 2.45) is 5.41 Å². The van der Waals surface area contributed by atoms with E-state index in [2.05, 4.69) is 0 Å². The number of benzene rings is 1. The van der Waals surface area contributed by atoms with E-state index in [0.29, 0.717) is 5.56 Å². The average molecular weight is 274 g/mol. The Morgan fingerprint density at radius 1 is 1.15 bits per heavy atom. The highest BCUT2D eigenvalue weighted by Gasteiger charge is 2.49. The van der Waals surface area contributed by atoms with Gasteiger partial charge in [0.25, 0.3) is 5.91 Å². The molecule has 0 bridgehead atoms. The molecule has 0 aliphatic carbocycles. The second kappa shape index (κ2) is 4.93. The van der Waals surface area contributed by atoms with Crippen molar-refractivity contribution in [2.45, 2.75) is 39.9 Å². The highest BCUT2D eigenvalue weighted by atomic mass is 16.2. The lowest BCUT2D eigenvalue weighted by atomic mass is 9.90. The molecule has 1 aliphatic rings. The second-order valence-electron chi connectivity index (χ2n) is 6.44. The molecule has 2 atom stereocenters. The van der Waals surface area contributed by atoms with Gasteiger partial charge in [-0.3, -0.25) is 9.59 Å². The zero-order valence-corrected chi connectivity index (χ0v) is 12.8. The van der Waals surface area contributed by atoms with Gasteiger partial charge in [-0.25, -0.2) is 0 Å². The van der Waals surface area contributed by atoms with E-state index >= 15 is 0 Å². The third-order valence-electron chi connectivity index (χ3n) is 3.78. The van der Waals surface area contributed by atoms with Crippen LogP contribution in [0.25, 0.3) is 0 Å². The third kappa shape index (κ3) is 2.30. The maximum atomic E-state index is 12.8. The van der Waals surface area contributed by atoms with Crippen LogP contribution < -0.4 is 0 Å². The lowest BCUT2D eigenvalue weighted by Gasteiger charge is -2.38. The molecule has 0 saturated carbocycles. The van der Waals surface area contributed by atoms with Crippen LogP contribution in [-0.2, 0) is 4.79 Å². The first-order valence-corrected chi connectivity index (χ1v) is 6.89. The van der Waals surface area contributed by atoms with Gasteiger partial charge in [0.2, 0.25) is 5.91 Å². The smallest absolute Gasteiger partial charge is 0.256 e. The van der Waals surface area contributed by atoms with Crippen LogP contribution in [0.5, 0.6) is 0 Å². The van der Waals surface area contributed by atoms with Crippen molar-refractivity contribution in [1.29, 1.82) is 0 Å². The molecule has 1 aliphatic heterocycles. The Labute approximate surface area is 120 Å². The molecule has 1 fully saturated rings. The highest BCUT2D eigenvalue weighted by molar-refractivity contribution is 5.99. The number of hydrogen-bond donors (Lipinski definition) is 0. The number of carbonyl (C=O) groups is 2. The minimum Gasteiger partial charge on any atom is -0.323 e. The molecule has 2 amide bonds. The zero-order valence-electron chi connectivity index (χ0n) is 12.8. The average Bonchev–Trinajstić information content (AvgIpc) is 2.63. The van der Waals surface area contributed by atoms with E-state index in [4.69, 9.17) is 0 Å². The number of amides is 2. The predicted molar refractivity (Wildman–Crippen MR) is 78.1 cm³/mol. The maximum Gasteiger partial charge on any atom is 0.256 e. The molecule has 0 N–H and O–H groups in total. The summed E-state index contributed by atoms with van der Waals surface area (Å²) < 4.78 is 0. The van der Waals surface area contributed by atoms with Crippen molar-refractivity contribution in [3.8, 4) is 0 Å². The summed E-state index contributed by atoms with van der Waals surface area (Å²) in [6, 6.07) is 8.71. The number of hydrogen-bond acceptors (Lipinski definition) is 2. The highest BCUT2D eigenvalue weighted by Crippen LogP contribution is 2.34. The van der Waals surface area contributed by atoms with E-state index in [-0.39, 0.29) is 23.4 Å². The van der Waals surface area contributed by atoms with Gasteiger partial charge in [-0.15, -0.1) is 0 Å². The summed E-state index contributed by atoms with van der Waals surface area (Å²) in [5.74, 6) is -0.0927. The van der Waals surface area contributed by atoms with E-state index in [1.165, 1.54) is 0 Å². The molecule has 0 unspecified atom stereocenters. The Hall–Kier alpha value is -1.84. The lowest BCUT2D eigenvalue weighted by molar-refractivity contribution is -0.129. The largest absolute Gasteiger partial charge is 0.323 e. The summed E-state index contributed by atoms with van der Waals surface area (Å²) in [5, 5.41) is 0. The maximum absolute atomic E-state index is 12.8. The van der Waals surface area contributed by atoms with Crippen LogP contribution in [0, 0.1) is 5.41 Å². The van der Waals surface area contributed by atoms with Crippen molar-refractivity contribution in [3.63, 3.8) is 0 Å². The molecule has 108 valence electrons. The first-order chi connectivity index (χ1) is 9.25. The molecule has 1 heterocycles. The van der Waals surface area contributed by atoms with E-state index in [9.17, 15) is 9.59 Å². The van der Waals surface area contributed by atoms with Crippen molar-refractivity contribution in [2.75, 3.05) is 7.05 Å². The lowest BCUT2D eigenvalue weighted by Crippen LogP contribution is -2.50. The van der Waals surface area contributed by atoms with Gasteiger partial charge in [0.1, 0.15) is 12.2 Å². The van der Waals surface area contributed by atoms with E-state index in [0.717, 1.165) is 0 Å². The zero-order chi connectivity index (χ0) is 15.1. The van der Waals surface area contributed by atoms with Gasteiger partial charge in [-0.1, -0.05) is 39.0 Å². The van der Waals surface area contributed by atoms with Gasteiger partial charge < -0.3 is 9.80 Å². The fourth-order valence-corrected chi connectivity index (χ4v) is 2.95. The second-order valence-corrected chi connectivity index (χ2v) is 6.44. The quantitative estimate of drug-likeness (QED) is 0.789. The van der Waals surface area contributed by atoms with Crippen LogP contribution in [-0.4, -0.2) is 40.9 Å². The molecule has 0 aromatic heterocycles. The van der Waals surface area contributed by atoms with Crippen molar-refractivity contribution in [3.05, 3.63) is 35.9 Å². The fraction of sp³-hybridized carbons (Fsp3) is 0.500. The van der Waals surface area contributed by atoms with Crippen molar-refractivity contribution < 1.29 is 9.59 Å². The predicted octanol–water partition coefficient (Wildman–Crippen LogP) is 2.36. The SMILES string of the molecule is C[C@H]1C(=O)N(C)[C@@H](C(C)(C)C)N1C(=O)c1ccccc1. The number of nitrogens with zero attached hydrogens (tertiary/aromatic N) is 2. The van der Waals surface area contributed by atoms with Gasteiger partial charge in [0.05, 0.1) is 0 Å². The first kappa shape index (κ1) is 14.6. The monoisotopic (exact) mass is 274 g/mol. The molecule has 0 radical (unpaired) electrons. The van der Waals surface area contributed by atoms with E-state index in [1.807, 2.05) is 39.0 Å². The summed E-state index contributed by atoms with van der Waals surface area (Å²) in [7, 11) is 1.77. The Morgan fingerprint density at radius 3 is 2.20 bits per heavy atom. The van der Waals surface area contributed by atoms with Gasteiger partial charge in [0, 0.05) is 18.0 Å². The van der Waals surface area contributed by atoms with Crippen LogP contribution in [0.3, 0.4) is 0 Å². The standard InChI is InChI=1S/C16H22N2O2/c1-11-13(19)17(5)15(16(2,3)4)18(11)14(20)12-9-7-6-8-10-12/h6-11,15H,1-5H3/t11-,15+/m0/s1. The molecule has 1 aromatic rings. The van der Waals surface area contributed by atoms with Gasteiger partial charge in [-0.2, -0.15) is 0 Å². The summed E-state index contributed by atoms with van der Waals surface area (Å²) in [6.07, 6.45) is -0.224. The minimum absolute atomic E-state index is 0.00536. The normalized spacial score (nSPS) is 23.4. The molecule has 4 heteroatoms. The van der Waals surface area contributed by atoms with Gasteiger partial charge in [0.15, 0.2) is 0 Å². The molecule has 4 nitrogen and oxygen atoms in total. The Kier molecular flexibility index (Phi) is 3.59. The minimum atomic E-state index is -0.420. The van der Waals surface area contributed by atoms with Crippen LogP contribution in [0.4, 0.5) is 0 Å². The molecule has 2 rings (SSSR count). The van der Waals surface area contributed by atoms with Crippen LogP contribution in [0.15, 0.2) is 30.3 Å². The van der Waals surface area contributed by atoms with Crippen LogP contribution in [0.1, 0.15) is 38.1 Å². The first-order valence-electron chi connectivity index (χ1n) is 6.89. The number of likely N-dealkylation sites (N-methyl/N-ethyl adjacent to an activating group) is 1. The molecule has 1 saturated heterocycles. The summed E-state index contributed by atoms with van der Waals surface area (Å²) >= 11 is 0.